The van der Waals surface area contributed by atoms with Crippen molar-refractivity contribution >= 4 is 29.9 Å². The number of aliphatic imine (C=N–C) groups is 1. The maximum atomic E-state index is 9.50. The van der Waals surface area contributed by atoms with Gasteiger partial charge >= 0.3 is 0 Å². The van der Waals surface area contributed by atoms with E-state index in [2.05, 4.69) is 29.4 Å². The maximum absolute atomic E-state index is 9.50. The number of guanidine groups is 1. The number of aliphatic hydroxyl groups is 1. The van der Waals surface area contributed by atoms with E-state index in [0.717, 1.165) is 38.6 Å². The topological polar surface area (TPSA) is 59.9 Å². The molecular weight excluding hydrogens is 439 g/mol. The van der Waals surface area contributed by atoms with E-state index in [1.165, 1.54) is 57.9 Å². The summed E-state index contributed by atoms with van der Waals surface area (Å²) in [4.78, 5) is 7.52. The van der Waals surface area contributed by atoms with Crippen LogP contribution in [0, 0.1) is 5.41 Å². The summed E-state index contributed by atoms with van der Waals surface area (Å²) in [5.74, 6) is 0.951. The van der Waals surface area contributed by atoms with Gasteiger partial charge in [-0.25, -0.2) is 0 Å². The first-order valence-corrected chi connectivity index (χ1v) is 10.6. The number of aliphatic hydroxyl groups excluding tert-OH is 1. The van der Waals surface area contributed by atoms with Gasteiger partial charge in [0.15, 0.2) is 5.96 Å². The molecule has 0 spiro atoms. The standard InChI is InChI=1S/C20H40N4O.HI/c1-3-21-19(22-16-18-10-6-9-14-24(18)4-2)23-17-20(13-15-25)11-7-5-8-12-20;/h18,25H,3-17H2,1-2H3,(H2,21,22,23);1H. The van der Waals surface area contributed by atoms with Crippen molar-refractivity contribution in [3.05, 3.63) is 0 Å². The quantitative estimate of drug-likeness (QED) is 0.283. The Hall–Kier alpha value is -0.0800. The van der Waals surface area contributed by atoms with Gasteiger partial charge in [0.1, 0.15) is 0 Å². The molecule has 2 fully saturated rings. The van der Waals surface area contributed by atoms with Crippen molar-refractivity contribution in [3.8, 4) is 0 Å². The zero-order chi connectivity index (χ0) is 18.0. The van der Waals surface area contributed by atoms with Gasteiger partial charge in [-0.05, 0) is 57.5 Å². The molecule has 5 nitrogen and oxygen atoms in total. The highest BCUT2D eigenvalue weighted by atomic mass is 127. The largest absolute Gasteiger partial charge is 0.396 e. The number of hydrogen-bond acceptors (Lipinski definition) is 3. The molecule has 1 aliphatic heterocycles. The van der Waals surface area contributed by atoms with Crippen LogP contribution in [0.2, 0.25) is 0 Å². The molecule has 1 atom stereocenters. The minimum atomic E-state index is 0. The van der Waals surface area contributed by atoms with Gasteiger partial charge in [-0.15, -0.1) is 24.0 Å². The van der Waals surface area contributed by atoms with Gasteiger partial charge in [-0.1, -0.05) is 32.6 Å². The first-order chi connectivity index (χ1) is 12.2. The van der Waals surface area contributed by atoms with Crippen LogP contribution in [-0.2, 0) is 0 Å². The summed E-state index contributed by atoms with van der Waals surface area (Å²) in [7, 11) is 0. The summed E-state index contributed by atoms with van der Waals surface area (Å²) in [6.45, 7) is 9.75. The maximum Gasteiger partial charge on any atom is 0.191 e. The lowest BCUT2D eigenvalue weighted by Gasteiger charge is -2.36. The summed E-state index contributed by atoms with van der Waals surface area (Å²) in [5, 5.41) is 16.5. The van der Waals surface area contributed by atoms with Crippen molar-refractivity contribution in [2.45, 2.75) is 77.7 Å². The third kappa shape index (κ3) is 7.50. The molecule has 154 valence electrons. The molecule has 0 bridgehead atoms. The second-order valence-electron chi connectivity index (χ2n) is 7.89. The summed E-state index contributed by atoms with van der Waals surface area (Å²) < 4.78 is 0. The molecule has 0 aromatic carbocycles. The molecule has 6 heteroatoms. The Kier molecular flexibility index (Phi) is 12.1. The highest BCUT2D eigenvalue weighted by Gasteiger charge is 2.31. The Morgan fingerprint density at radius 3 is 2.54 bits per heavy atom. The normalized spacial score (nSPS) is 24.0. The molecule has 0 aromatic heterocycles. The molecule has 0 radical (unpaired) electrons. The van der Waals surface area contributed by atoms with Crippen molar-refractivity contribution in [1.29, 1.82) is 0 Å². The predicted molar refractivity (Wildman–Crippen MR) is 122 cm³/mol. The summed E-state index contributed by atoms with van der Waals surface area (Å²) in [5.41, 5.74) is 0.218. The zero-order valence-corrected chi connectivity index (χ0v) is 19.3. The van der Waals surface area contributed by atoms with E-state index in [9.17, 15) is 5.11 Å². The zero-order valence-electron chi connectivity index (χ0n) is 16.9. The number of nitrogens with zero attached hydrogens (tertiary/aromatic N) is 2. The van der Waals surface area contributed by atoms with Gasteiger partial charge in [0.25, 0.3) is 0 Å². The van der Waals surface area contributed by atoms with Crippen LogP contribution in [0.1, 0.15) is 71.6 Å². The molecule has 1 saturated heterocycles. The number of halogens is 1. The Morgan fingerprint density at radius 2 is 1.88 bits per heavy atom. The van der Waals surface area contributed by atoms with Crippen molar-refractivity contribution in [2.75, 3.05) is 39.3 Å². The molecular formula is C20H41IN4O. The molecule has 2 aliphatic rings. The number of rotatable bonds is 8. The molecule has 0 amide bonds. The first-order valence-electron chi connectivity index (χ1n) is 10.6. The Bertz CT molecular complexity index is 394. The average molecular weight is 480 g/mol. The molecule has 1 aliphatic carbocycles. The van der Waals surface area contributed by atoms with Crippen LogP contribution in [0.4, 0.5) is 0 Å². The Balaban J connectivity index is 0.00000338. The summed E-state index contributed by atoms with van der Waals surface area (Å²) >= 11 is 0. The smallest absolute Gasteiger partial charge is 0.191 e. The van der Waals surface area contributed by atoms with E-state index >= 15 is 0 Å². The third-order valence-corrected chi connectivity index (χ3v) is 6.13. The van der Waals surface area contributed by atoms with Crippen LogP contribution in [0.3, 0.4) is 0 Å². The van der Waals surface area contributed by atoms with Gasteiger partial charge in [0.05, 0.1) is 0 Å². The van der Waals surface area contributed by atoms with Gasteiger partial charge < -0.3 is 15.7 Å². The monoisotopic (exact) mass is 480 g/mol. The second-order valence-corrected chi connectivity index (χ2v) is 7.89. The van der Waals surface area contributed by atoms with Crippen LogP contribution in [-0.4, -0.2) is 61.3 Å². The lowest BCUT2D eigenvalue weighted by atomic mass is 9.72. The number of piperidine rings is 1. The average Bonchev–Trinajstić information content (AvgIpc) is 2.65. The second kappa shape index (κ2) is 13.2. The van der Waals surface area contributed by atoms with Crippen LogP contribution in [0.5, 0.6) is 0 Å². The molecule has 0 aromatic rings. The van der Waals surface area contributed by atoms with Crippen LogP contribution < -0.4 is 10.6 Å². The van der Waals surface area contributed by atoms with Crippen molar-refractivity contribution in [3.63, 3.8) is 0 Å². The van der Waals surface area contributed by atoms with E-state index in [-0.39, 0.29) is 36.0 Å². The number of hydrogen-bond donors (Lipinski definition) is 3. The van der Waals surface area contributed by atoms with Gasteiger partial charge in [0.2, 0.25) is 0 Å². The lowest BCUT2D eigenvalue weighted by molar-refractivity contribution is 0.137. The fourth-order valence-electron chi connectivity index (χ4n) is 4.54. The van der Waals surface area contributed by atoms with E-state index < -0.39 is 0 Å². The number of likely N-dealkylation sites (N-methyl/N-ethyl adjacent to an activating group) is 1. The van der Waals surface area contributed by atoms with E-state index in [0.29, 0.717) is 6.04 Å². The predicted octanol–water partition coefficient (Wildman–Crippen LogP) is 3.37. The molecule has 3 N–H and O–H groups in total. The van der Waals surface area contributed by atoms with Crippen LogP contribution in [0.25, 0.3) is 0 Å². The summed E-state index contributed by atoms with van der Waals surface area (Å²) in [6, 6.07) is 0.628. The van der Waals surface area contributed by atoms with Crippen molar-refractivity contribution in [1.82, 2.24) is 15.5 Å². The van der Waals surface area contributed by atoms with Crippen molar-refractivity contribution < 1.29 is 5.11 Å². The number of likely N-dealkylation sites (tertiary alicyclic amines) is 1. The Morgan fingerprint density at radius 1 is 1.12 bits per heavy atom. The minimum Gasteiger partial charge on any atom is -0.396 e. The fourth-order valence-corrected chi connectivity index (χ4v) is 4.54. The number of nitrogens with one attached hydrogen (secondary N) is 2. The molecule has 26 heavy (non-hydrogen) atoms. The fraction of sp³-hybridized carbons (Fsp3) is 0.950. The van der Waals surface area contributed by atoms with Gasteiger partial charge in [-0.3, -0.25) is 9.89 Å². The Labute approximate surface area is 177 Å². The van der Waals surface area contributed by atoms with Crippen LogP contribution >= 0.6 is 24.0 Å². The highest BCUT2D eigenvalue weighted by molar-refractivity contribution is 14.0. The molecule has 1 heterocycles. The van der Waals surface area contributed by atoms with Gasteiger partial charge in [-0.2, -0.15) is 0 Å². The van der Waals surface area contributed by atoms with Crippen molar-refractivity contribution in [2.24, 2.45) is 10.4 Å². The van der Waals surface area contributed by atoms with E-state index in [4.69, 9.17) is 4.99 Å². The van der Waals surface area contributed by atoms with Crippen LogP contribution in [0.15, 0.2) is 4.99 Å². The minimum absolute atomic E-state index is 0. The molecule has 2 rings (SSSR count). The first kappa shape index (κ1) is 24.0. The van der Waals surface area contributed by atoms with E-state index in [1.54, 1.807) is 0 Å². The summed E-state index contributed by atoms with van der Waals surface area (Å²) in [6.07, 6.45) is 11.2. The van der Waals surface area contributed by atoms with Gasteiger partial charge in [0, 0.05) is 32.3 Å². The highest BCUT2D eigenvalue weighted by Crippen LogP contribution is 2.39. The lowest BCUT2D eigenvalue weighted by Crippen LogP contribution is -2.49. The molecule has 1 saturated carbocycles. The SMILES string of the molecule is CCNC(=NCC1(CCO)CCCCC1)NCC1CCCCN1CC.I. The third-order valence-electron chi connectivity index (χ3n) is 6.13. The molecule has 1 unspecified atom stereocenters. The van der Waals surface area contributed by atoms with E-state index in [1.807, 2.05) is 0 Å².